The summed E-state index contributed by atoms with van der Waals surface area (Å²) in [4.78, 5) is 2.70. The van der Waals surface area contributed by atoms with Gasteiger partial charge in [0.2, 0.25) is 0 Å². The molecular weight excluding hydrogens is 208 g/mol. The summed E-state index contributed by atoms with van der Waals surface area (Å²) in [5.41, 5.74) is 11.8. The summed E-state index contributed by atoms with van der Waals surface area (Å²) in [5, 5.41) is 0. The standard InChI is InChI=1S/C15H20N2/c16-13-6-10-2-1-3-11-8-17(14-4-5-14)9-12(7-13)15(10)11/h6-7,11,14H,1-5,8-9,16H2. The van der Waals surface area contributed by atoms with Gasteiger partial charge in [-0.3, -0.25) is 4.90 Å². The van der Waals surface area contributed by atoms with Crippen molar-refractivity contribution in [1.82, 2.24) is 4.90 Å². The van der Waals surface area contributed by atoms with Crippen LogP contribution in [0.5, 0.6) is 0 Å². The van der Waals surface area contributed by atoms with Crippen LogP contribution in [0.1, 0.15) is 48.3 Å². The number of nitrogens with zero attached hydrogens (tertiary/aromatic N) is 1. The molecule has 0 radical (unpaired) electrons. The van der Waals surface area contributed by atoms with E-state index >= 15 is 0 Å². The average molecular weight is 228 g/mol. The molecule has 1 aliphatic heterocycles. The van der Waals surface area contributed by atoms with Crippen LogP contribution in [0.4, 0.5) is 5.69 Å². The number of aryl methyl sites for hydroxylation is 1. The van der Waals surface area contributed by atoms with Crippen molar-refractivity contribution in [2.45, 2.75) is 50.6 Å². The zero-order valence-electron chi connectivity index (χ0n) is 10.3. The van der Waals surface area contributed by atoms with Crippen LogP contribution in [0, 0.1) is 0 Å². The van der Waals surface area contributed by atoms with Crippen LogP contribution in [0.3, 0.4) is 0 Å². The zero-order valence-corrected chi connectivity index (χ0v) is 10.3. The van der Waals surface area contributed by atoms with E-state index in [0.717, 1.165) is 24.2 Å². The largest absolute Gasteiger partial charge is 0.399 e. The van der Waals surface area contributed by atoms with Crippen LogP contribution in [0.25, 0.3) is 0 Å². The molecule has 2 nitrogen and oxygen atoms in total. The summed E-state index contributed by atoms with van der Waals surface area (Å²) in [6, 6.07) is 5.33. The van der Waals surface area contributed by atoms with Gasteiger partial charge in [0, 0.05) is 24.8 Å². The number of hydrogen-bond donors (Lipinski definition) is 1. The van der Waals surface area contributed by atoms with Crippen molar-refractivity contribution in [3.8, 4) is 0 Å². The number of nitrogen functional groups attached to an aromatic ring is 1. The molecule has 2 aliphatic carbocycles. The lowest BCUT2D eigenvalue weighted by molar-refractivity contribution is 0.210. The molecule has 2 heteroatoms. The second-order valence-electron chi connectivity index (χ2n) is 6.00. The molecule has 1 fully saturated rings. The molecule has 1 aromatic rings. The first-order valence-corrected chi connectivity index (χ1v) is 6.96. The third-order valence-electron chi connectivity index (χ3n) is 4.67. The van der Waals surface area contributed by atoms with Gasteiger partial charge in [-0.05, 0) is 66.8 Å². The highest BCUT2D eigenvalue weighted by Crippen LogP contribution is 2.42. The summed E-state index contributed by atoms with van der Waals surface area (Å²) in [5.74, 6) is 0.795. The smallest absolute Gasteiger partial charge is 0.0320 e. The van der Waals surface area contributed by atoms with Crippen molar-refractivity contribution < 1.29 is 0 Å². The lowest BCUT2D eigenvalue weighted by Gasteiger charge is -2.38. The second kappa shape index (κ2) is 3.49. The van der Waals surface area contributed by atoms with Crippen molar-refractivity contribution in [2.24, 2.45) is 0 Å². The van der Waals surface area contributed by atoms with Crippen molar-refractivity contribution in [3.63, 3.8) is 0 Å². The van der Waals surface area contributed by atoms with Crippen LogP contribution < -0.4 is 5.73 Å². The Kier molecular flexibility index (Phi) is 2.04. The number of benzene rings is 1. The Labute approximate surface area is 103 Å². The fraction of sp³-hybridized carbons (Fsp3) is 0.600. The van der Waals surface area contributed by atoms with E-state index in [1.807, 2.05) is 0 Å². The minimum atomic E-state index is 0.795. The Morgan fingerprint density at radius 2 is 1.94 bits per heavy atom. The molecule has 0 saturated heterocycles. The molecule has 0 aromatic heterocycles. The van der Waals surface area contributed by atoms with Gasteiger partial charge in [-0.25, -0.2) is 0 Å². The minimum Gasteiger partial charge on any atom is -0.399 e. The van der Waals surface area contributed by atoms with E-state index in [1.54, 1.807) is 11.1 Å². The Morgan fingerprint density at radius 1 is 1.12 bits per heavy atom. The van der Waals surface area contributed by atoms with Crippen molar-refractivity contribution in [3.05, 3.63) is 28.8 Å². The van der Waals surface area contributed by atoms with E-state index in [-0.39, 0.29) is 0 Å². The monoisotopic (exact) mass is 228 g/mol. The van der Waals surface area contributed by atoms with Crippen LogP contribution in [-0.4, -0.2) is 17.5 Å². The Bertz CT molecular complexity index is 462. The molecular formula is C15H20N2. The maximum atomic E-state index is 6.05. The van der Waals surface area contributed by atoms with E-state index < -0.39 is 0 Å². The van der Waals surface area contributed by atoms with E-state index in [0.29, 0.717) is 0 Å². The van der Waals surface area contributed by atoms with Crippen LogP contribution in [0.2, 0.25) is 0 Å². The molecule has 0 spiro atoms. The molecule has 3 aliphatic rings. The summed E-state index contributed by atoms with van der Waals surface area (Å²) in [6.45, 7) is 2.45. The summed E-state index contributed by atoms with van der Waals surface area (Å²) >= 11 is 0. The number of hydrogen-bond acceptors (Lipinski definition) is 2. The maximum Gasteiger partial charge on any atom is 0.0320 e. The van der Waals surface area contributed by atoms with Crippen LogP contribution in [0.15, 0.2) is 12.1 Å². The molecule has 2 N–H and O–H groups in total. The first-order chi connectivity index (χ1) is 8.31. The van der Waals surface area contributed by atoms with E-state index in [9.17, 15) is 0 Å². The normalized spacial score (nSPS) is 27.9. The van der Waals surface area contributed by atoms with Gasteiger partial charge in [-0.1, -0.05) is 0 Å². The number of anilines is 1. The molecule has 1 saturated carbocycles. The van der Waals surface area contributed by atoms with Crippen molar-refractivity contribution >= 4 is 5.69 Å². The topological polar surface area (TPSA) is 29.3 Å². The van der Waals surface area contributed by atoms with Crippen molar-refractivity contribution in [2.75, 3.05) is 12.3 Å². The SMILES string of the molecule is Nc1cc2c3c(c1)CN(C1CC1)CC3CCC2. The van der Waals surface area contributed by atoms with Gasteiger partial charge >= 0.3 is 0 Å². The molecule has 1 heterocycles. The number of rotatable bonds is 1. The lowest BCUT2D eigenvalue weighted by Crippen LogP contribution is -2.37. The van der Waals surface area contributed by atoms with Crippen LogP contribution in [-0.2, 0) is 13.0 Å². The van der Waals surface area contributed by atoms with Gasteiger partial charge in [-0.15, -0.1) is 0 Å². The molecule has 17 heavy (non-hydrogen) atoms. The summed E-state index contributed by atoms with van der Waals surface area (Å²) < 4.78 is 0. The number of nitrogens with two attached hydrogens (primary N) is 1. The third kappa shape index (κ3) is 1.58. The van der Waals surface area contributed by atoms with Gasteiger partial charge in [0.15, 0.2) is 0 Å². The van der Waals surface area contributed by atoms with Gasteiger partial charge in [0.1, 0.15) is 0 Å². The highest BCUT2D eigenvalue weighted by atomic mass is 15.2. The van der Waals surface area contributed by atoms with Crippen LogP contribution >= 0.6 is 0 Å². The highest BCUT2D eigenvalue weighted by molar-refractivity contribution is 5.52. The average Bonchev–Trinajstić information content (AvgIpc) is 3.12. The third-order valence-corrected chi connectivity index (χ3v) is 4.67. The molecule has 0 bridgehead atoms. The quantitative estimate of drug-likeness (QED) is 0.749. The fourth-order valence-corrected chi connectivity index (χ4v) is 3.82. The summed E-state index contributed by atoms with van der Waals surface area (Å²) in [7, 11) is 0. The molecule has 1 aromatic carbocycles. The Morgan fingerprint density at radius 3 is 2.76 bits per heavy atom. The molecule has 1 unspecified atom stereocenters. The first-order valence-electron chi connectivity index (χ1n) is 6.96. The molecule has 1 atom stereocenters. The van der Waals surface area contributed by atoms with Gasteiger partial charge in [0.05, 0.1) is 0 Å². The van der Waals surface area contributed by atoms with E-state index in [4.69, 9.17) is 5.73 Å². The van der Waals surface area contributed by atoms with Gasteiger partial charge < -0.3 is 5.73 Å². The van der Waals surface area contributed by atoms with Gasteiger partial charge in [0.25, 0.3) is 0 Å². The van der Waals surface area contributed by atoms with Gasteiger partial charge in [-0.2, -0.15) is 0 Å². The molecule has 4 rings (SSSR count). The van der Waals surface area contributed by atoms with E-state index in [1.165, 1.54) is 44.2 Å². The maximum absolute atomic E-state index is 6.05. The second-order valence-corrected chi connectivity index (χ2v) is 6.00. The predicted octanol–water partition coefficient (Wildman–Crippen LogP) is 2.67. The Balaban J connectivity index is 1.79. The van der Waals surface area contributed by atoms with E-state index in [2.05, 4.69) is 17.0 Å². The Hall–Kier alpha value is -1.02. The van der Waals surface area contributed by atoms with Crippen molar-refractivity contribution in [1.29, 1.82) is 0 Å². The fourth-order valence-electron chi connectivity index (χ4n) is 3.82. The highest BCUT2D eigenvalue weighted by Gasteiger charge is 2.36. The summed E-state index contributed by atoms with van der Waals surface area (Å²) in [6.07, 6.45) is 6.80. The molecule has 90 valence electrons. The lowest BCUT2D eigenvalue weighted by atomic mass is 9.77. The minimum absolute atomic E-state index is 0.795. The predicted molar refractivity (Wildman–Crippen MR) is 70.0 cm³/mol. The molecule has 0 amide bonds. The first kappa shape index (κ1) is 9.95. The zero-order chi connectivity index (χ0) is 11.4.